The van der Waals surface area contributed by atoms with E-state index in [0.29, 0.717) is 17.9 Å². The third kappa shape index (κ3) is 12.0. The lowest BCUT2D eigenvalue weighted by atomic mass is 9.95. The summed E-state index contributed by atoms with van der Waals surface area (Å²) in [6.45, 7) is 17.2. The first-order valence-corrected chi connectivity index (χ1v) is 14.6. The zero-order valence-electron chi connectivity index (χ0n) is 26.0. The minimum atomic E-state index is -1.30. The van der Waals surface area contributed by atoms with Crippen molar-refractivity contribution in [2.75, 3.05) is 0 Å². The number of alkyl carbamates (subject to hydrolysis) is 1. The van der Waals surface area contributed by atoms with E-state index in [1.54, 1.807) is 20.8 Å². The molecule has 0 radical (unpaired) electrons. The summed E-state index contributed by atoms with van der Waals surface area (Å²) in [6, 6.07) is 4.88. The van der Waals surface area contributed by atoms with Crippen LogP contribution in [-0.2, 0) is 25.5 Å². The van der Waals surface area contributed by atoms with Crippen molar-refractivity contribution in [1.29, 1.82) is 0 Å². The highest BCUT2D eigenvalue weighted by molar-refractivity contribution is 5.94. The molecule has 0 aliphatic rings. The van der Waals surface area contributed by atoms with Gasteiger partial charge in [-0.1, -0.05) is 58.4 Å². The molecule has 0 heterocycles. The molecule has 0 aromatic heterocycles. The van der Waals surface area contributed by atoms with E-state index < -0.39 is 42.0 Å². The normalized spacial score (nSPS) is 14.6. The maximum absolute atomic E-state index is 14.3. The standard InChI is InChI=1S/C31H52N4O5/c1-10-12-21(5)33-28(37)27(24-17-15-23(11-2)16-18-24)35(22(6)14-13-20(3)4)29(38)25(19-26(32)36)34-30(39)40-31(7,8)9/h15-18,20-22,25,27H,10-14,19H2,1-9H3,(H2,32,36)(H,33,37)(H,34,39). The van der Waals surface area contributed by atoms with E-state index in [2.05, 4.69) is 24.5 Å². The van der Waals surface area contributed by atoms with Gasteiger partial charge in [-0.05, 0) is 77.3 Å². The summed E-state index contributed by atoms with van der Waals surface area (Å²) in [6.07, 6.45) is 2.69. The number of carbonyl (C=O) groups is 4. The van der Waals surface area contributed by atoms with Crippen LogP contribution in [0.25, 0.3) is 0 Å². The number of carbonyl (C=O) groups excluding carboxylic acids is 4. The first-order valence-electron chi connectivity index (χ1n) is 14.6. The molecule has 0 aliphatic heterocycles. The molecule has 40 heavy (non-hydrogen) atoms. The summed E-state index contributed by atoms with van der Waals surface area (Å²) in [5.74, 6) is -1.26. The highest BCUT2D eigenvalue weighted by Crippen LogP contribution is 2.28. The number of ether oxygens (including phenoxy) is 1. The average molecular weight is 561 g/mol. The molecule has 4 atom stereocenters. The zero-order chi connectivity index (χ0) is 30.6. The van der Waals surface area contributed by atoms with Crippen molar-refractivity contribution in [3.05, 3.63) is 35.4 Å². The topological polar surface area (TPSA) is 131 Å². The summed E-state index contributed by atoms with van der Waals surface area (Å²) >= 11 is 0. The Balaban J connectivity index is 3.66. The number of nitrogens with two attached hydrogens (primary N) is 1. The van der Waals surface area contributed by atoms with Gasteiger partial charge in [0.2, 0.25) is 17.7 Å². The Morgan fingerprint density at radius 1 is 0.925 bits per heavy atom. The lowest BCUT2D eigenvalue weighted by Crippen LogP contribution is -2.56. The molecule has 4 amide bonds. The van der Waals surface area contributed by atoms with E-state index in [-0.39, 0.29) is 18.0 Å². The Labute approximate surface area is 241 Å². The van der Waals surface area contributed by atoms with Crippen molar-refractivity contribution in [3.8, 4) is 0 Å². The van der Waals surface area contributed by atoms with Crippen LogP contribution in [0.1, 0.15) is 112 Å². The lowest BCUT2D eigenvalue weighted by Gasteiger charge is -2.39. The number of hydrogen-bond acceptors (Lipinski definition) is 5. The number of aryl methyl sites for hydroxylation is 1. The van der Waals surface area contributed by atoms with Crippen molar-refractivity contribution in [3.63, 3.8) is 0 Å². The molecule has 0 bridgehead atoms. The Bertz CT molecular complexity index is 971. The van der Waals surface area contributed by atoms with Crippen molar-refractivity contribution in [1.82, 2.24) is 15.5 Å². The van der Waals surface area contributed by atoms with E-state index in [1.165, 1.54) is 4.90 Å². The van der Waals surface area contributed by atoms with Gasteiger partial charge in [0.05, 0.1) is 6.42 Å². The summed E-state index contributed by atoms with van der Waals surface area (Å²) in [7, 11) is 0. The molecular formula is C31H52N4O5. The van der Waals surface area contributed by atoms with Gasteiger partial charge in [0.15, 0.2) is 0 Å². The van der Waals surface area contributed by atoms with Gasteiger partial charge in [-0.15, -0.1) is 0 Å². The Morgan fingerprint density at radius 3 is 2.00 bits per heavy atom. The number of amides is 4. The minimum Gasteiger partial charge on any atom is -0.444 e. The van der Waals surface area contributed by atoms with Crippen LogP contribution in [0, 0.1) is 5.92 Å². The van der Waals surface area contributed by atoms with Crippen molar-refractivity contribution in [2.45, 2.75) is 131 Å². The van der Waals surface area contributed by atoms with Crippen molar-refractivity contribution >= 4 is 23.8 Å². The first-order chi connectivity index (χ1) is 18.6. The van der Waals surface area contributed by atoms with Gasteiger partial charge in [0.25, 0.3) is 0 Å². The number of nitrogens with one attached hydrogen (secondary N) is 2. The lowest BCUT2D eigenvalue weighted by molar-refractivity contribution is -0.146. The number of hydrogen-bond donors (Lipinski definition) is 3. The maximum atomic E-state index is 14.3. The molecule has 0 saturated carbocycles. The molecule has 1 aromatic carbocycles. The second-order valence-corrected chi connectivity index (χ2v) is 12.1. The Kier molecular flexibility index (Phi) is 14.2. The number of nitrogens with zero attached hydrogens (tertiary/aromatic N) is 1. The monoisotopic (exact) mass is 560 g/mol. The van der Waals surface area contributed by atoms with Gasteiger partial charge in [0.1, 0.15) is 17.7 Å². The van der Waals surface area contributed by atoms with Crippen LogP contribution in [0.3, 0.4) is 0 Å². The smallest absolute Gasteiger partial charge is 0.408 e. The minimum absolute atomic E-state index is 0.0980. The quantitative estimate of drug-likeness (QED) is 0.277. The first kappa shape index (κ1) is 34.9. The molecular weight excluding hydrogens is 508 g/mol. The molecule has 0 fully saturated rings. The number of benzene rings is 1. The van der Waals surface area contributed by atoms with Gasteiger partial charge >= 0.3 is 6.09 Å². The van der Waals surface area contributed by atoms with Crippen LogP contribution in [-0.4, -0.2) is 52.4 Å². The van der Waals surface area contributed by atoms with Gasteiger partial charge in [-0.3, -0.25) is 14.4 Å². The van der Waals surface area contributed by atoms with E-state index in [1.807, 2.05) is 52.0 Å². The number of primary amides is 1. The van der Waals surface area contributed by atoms with Crippen LogP contribution in [0.5, 0.6) is 0 Å². The molecule has 1 aromatic rings. The van der Waals surface area contributed by atoms with Crippen LogP contribution in [0.2, 0.25) is 0 Å². The Hall–Kier alpha value is -3.10. The fourth-order valence-electron chi connectivity index (χ4n) is 4.54. The maximum Gasteiger partial charge on any atom is 0.408 e. The molecule has 226 valence electrons. The van der Waals surface area contributed by atoms with Gasteiger partial charge in [-0.25, -0.2) is 4.79 Å². The summed E-state index contributed by atoms with van der Waals surface area (Å²) in [4.78, 5) is 54.4. The molecule has 4 N–H and O–H groups in total. The summed E-state index contributed by atoms with van der Waals surface area (Å²) in [5.41, 5.74) is 6.45. The molecule has 0 spiro atoms. The molecule has 0 saturated heterocycles. The molecule has 9 heteroatoms. The highest BCUT2D eigenvalue weighted by Gasteiger charge is 2.39. The van der Waals surface area contributed by atoms with Gasteiger partial charge in [0, 0.05) is 12.1 Å². The second kappa shape index (κ2) is 16.2. The molecule has 9 nitrogen and oxygen atoms in total. The van der Waals surface area contributed by atoms with Crippen molar-refractivity contribution < 1.29 is 23.9 Å². The van der Waals surface area contributed by atoms with Gasteiger partial charge in [-0.2, -0.15) is 0 Å². The molecule has 1 rings (SSSR count). The van der Waals surface area contributed by atoms with Gasteiger partial charge < -0.3 is 26.0 Å². The fraction of sp³-hybridized carbons (Fsp3) is 0.677. The third-order valence-electron chi connectivity index (χ3n) is 6.63. The summed E-state index contributed by atoms with van der Waals surface area (Å²) < 4.78 is 5.36. The predicted octanol–water partition coefficient (Wildman–Crippen LogP) is 5.02. The van der Waals surface area contributed by atoms with Crippen LogP contribution in [0.15, 0.2) is 24.3 Å². The van der Waals surface area contributed by atoms with E-state index >= 15 is 0 Å². The Morgan fingerprint density at radius 2 is 1.52 bits per heavy atom. The third-order valence-corrected chi connectivity index (χ3v) is 6.63. The highest BCUT2D eigenvalue weighted by atomic mass is 16.6. The fourth-order valence-corrected chi connectivity index (χ4v) is 4.54. The average Bonchev–Trinajstić information content (AvgIpc) is 2.83. The van der Waals surface area contributed by atoms with Crippen LogP contribution in [0.4, 0.5) is 4.79 Å². The SMILES string of the molecule is CCCC(C)NC(=O)C(c1ccc(CC)cc1)N(C(=O)C(CC(N)=O)NC(=O)OC(C)(C)C)C(C)CCC(C)C. The number of rotatable bonds is 15. The zero-order valence-corrected chi connectivity index (χ0v) is 26.0. The molecule has 4 unspecified atom stereocenters. The van der Waals surface area contributed by atoms with E-state index in [0.717, 1.165) is 31.2 Å². The van der Waals surface area contributed by atoms with Crippen LogP contribution < -0.4 is 16.4 Å². The summed E-state index contributed by atoms with van der Waals surface area (Å²) in [5, 5.41) is 5.62. The van der Waals surface area contributed by atoms with E-state index in [9.17, 15) is 19.2 Å². The van der Waals surface area contributed by atoms with E-state index in [4.69, 9.17) is 10.5 Å². The second-order valence-electron chi connectivity index (χ2n) is 12.1. The predicted molar refractivity (Wildman–Crippen MR) is 158 cm³/mol. The van der Waals surface area contributed by atoms with Crippen LogP contribution >= 0.6 is 0 Å². The largest absolute Gasteiger partial charge is 0.444 e. The van der Waals surface area contributed by atoms with Crippen molar-refractivity contribution in [2.24, 2.45) is 11.7 Å². The molecule has 0 aliphatic carbocycles.